The van der Waals surface area contributed by atoms with Crippen LogP contribution in [-0.2, 0) is 6.61 Å². The van der Waals surface area contributed by atoms with E-state index in [0.29, 0.717) is 35.1 Å². The summed E-state index contributed by atoms with van der Waals surface area (Å²) in [5.74, 6) is 1.96. The lowest BCUT2D eigenvalue weighted by atomic mass is 10.0. The number of hydrogen-bond donors (Lipinski definition) is 2. The Labute approximate surface area is 181 Å². The topological polar surface area (TPSA) is 76.6 Å². The van der Waals surface area contributed by atoms with Gasteiger partial charge in [0.25, 0.3) is 0 Å². The molecule has 4 rings (SSSR count). The van der Waals surface area contributed by atoms with E-state index >= 15 is 0 Å². The Morgan fingerprint density at radius 2 is 1.65 bits per heavy atom. The number of hydrogen-bond acceptors (Lipinski definition) is 5. The van der Waals surface area contributed by atoms with Crippen molar-refractivity contribution < 1.29 is 19.3 Å². The number of phenolic OH excluding ortho intramolecular Hbond substituents is 1. The number of nitrogens with one attached hydrogen (secondary N) is 1. The summed E-state index contributed by atoms with van der Waals surface area (Å²) in [6.45, 7) is 2.48. The zero-order valence-corrected chi connectivity index (χ0v) is 17.7. The van der Waals surface area contributed by atoms with Crippen molar-refractivity contribution in [2.45, 2.75) is 13.5 Å². The standard InChI is InChI=1S/C25H24N2O4/c1-16-4-6-17(7-5-16)15-31-19-9-10-20(22(28)13-19)25-21(14-26-27-25)18-8-11-23(29-2)24(12-18)30-3/h4-14,28H,15H2,1-3H3,(H,26,27). The number of aromatic amines is 1. The summed E-state index contributed by atoms with van der Waals surface area (Å²) in [6, 6.07) is 19.1. The number of aromatic hydroxyl groups is 1. The predicted molar refractivity (Wildman–Crippen MR) is 120 cm³/mol. The van der Waals surface area contributed by atoms with Crippen molar-refractivity contribution in [3.63, 3.8) is 0 Å². The largest absolute Gasteiger partial charge is 0.507 e. The maximum Gasteiger partial charge on any atom is 0.161 e. The highest BCUT2D eigenvalue weighted by molar-refractivity contribution is 5.84. The van der Waals surface area contributed by atoms with Gasteiger partial charge in [0.1, 0.15) is 18.1 Å². The summed E-state index contributed by atoms with van der Waals surface area (Å²) in [5, 5.41) is 17.8. The molecule has 0 saturated heterocycles. The number of aryl methyl sites for hydroxylation is 1. The number of ether oxygens (including phenoxy) is 3. The Balaban J connectivity index is 1.58. The number of methoxy groups -OCH3 is 2. The molecule has 6 heteroatoms. The average Bonchev–Trinajstić information content (AvgIpc) is 3.28. The Morgan fingerprint density at radius 3 is 2.35 bits per heavy atom. The molecule has 0 atom stereocenters. The summed E-state index contributed by atoms with van der Waals surface area (Å²) >= 11 is 0. The third-order valence-electron chi connectivity index (χ3n) is 5.10. The summed E-state index contributed by atoms with van der Waals surface area (Å²) in [4.78, 5) is 0. The van der Waals surface area contributed by atoms with E-state index in [-0.39, 0.29) is 5.75 Å². The summed E-state index contributed by atoms with van der Waals surface area (Å²) in [6.07, 6.45) is 1.72. The maximum absolute atomic E-state index is 10.7. The number of phenols is 1. The minimum Gasteiger partial charge on any atom is -0.507 e. The molecule has 31 heavy (non-hydrogen) atoms. The van der Waals surface area contributed by atoms with E-state index in [1.54, 1.807) is 26.5 Å². The number of rotatable bonds is 7. The first-order valence-electron chi connectivity index (χ1n) is 9.86. The molecule has 0 aliphatic carbocycles. The number of H-pyrrole nitrogens is 1. The maximum atomic E-state index is 10.7. The molecule has 0 spiro atoms. The lowest BCUT2D eigenvalue weighted by Gasteiger charge is -2.12. The van der Waals surface area contributed by atoms with Crippen molar-refractivity contribution in [3.8, 4) is 45.4 Å². The zero-order chi connectivity index (χ0) is 21.8. The van der Waals surface area contributed by atoms with Gasteiger partial charge < -0.3 is 19.3 Å². The highest BCUT2D eigenvalue weighted by atomic mass is 16.5. The van der Waals surface area contributed by atoms with Crippen molar-refractivity contribution in [2.24, 2.45) is 0 Å². The molecule has 0 saturated carbocycles. The third kappa shape index (κ3) is 4.33. The van der Waals surface area contributed by atoms with Crippen LogP contribution in [0.5, 0.6) is 23.0 Å². The molecular formula is C25H24N2O4. The van der Waals surface area contributed by atoms with Gasteiger partial charge >= 0.3 is 0 Å². The zero-order valence-electron chi connectivity index (χ0n) is 17.7. The monoisotopic (exact) mass is 416 g/mol. The van der Waals surface area contributed by atoms with Gasteiger partial charge in [0, 0.05) is 17.2 Å². The molecule has 0 aliphatic rings. The fraction of sp³-hybridized carbons (Fsp3) is 0.160. The van der Waals surface area contributed by atoms with Crippen LogP contribution in [0, 0.1) is 6.92 Å². The van der Waals surface area contributed by atoms with E-state index < -0.39 is 0 Å². The van der Waals surface area contributed by atoms with E-state index in [2.05, 4.69) is 10.2 Å². The molecule has 3 aromatic carbocycles. The fourth-order valence-electron chi connectivity index (χ4n) is 3.38. The van der Waals surface area contributed by atoms with Crippen molar-refractivity contribution in [1.82, 2.24) is 10.2 Å². The molecule has 0 radical (unpaired) electrons. The fourth-order valence-corrected chi connectivity index (χ4v) is 3.38. The molecule has 1 aromatic heterocycles. The van der Waals surface area contributed by atoms with Crippen molar-refractivity contribution >= 4 is 0 Å². The molecule has 4 aromatic rings. The first-order chi connectivity index (χ1) is 15.1. The molecule has 0 amide bonds. The van der Waals surface area contributed by atoms with Crippen LogP contribution in [0.1, 0.15) is 11.1 Å². The Bertz CT molecular complexity index is 1180. The molecular weight excluding hydrogens is 392 g/mol. The number of benzene rings is 3. The SMILES string of the molecule is COc1ccc(-c2cn[nH]c2-c2ccc(OCc3ccc(C)cc3)cc2O)cc1OC. The third-order valence-corrected chi connectivity index (χ3v) is 5.10. The van der Waals surface area contributed by atoms with Crippen LogP contribution in [-0.4, -0.2) is 29.5 Å². The van der Waals surface area contributed by atoms with Crippen LogP contribution in [0.15, 0.2) is 66.9 Å². The van der Waals surface area contributed by atoms with E-state index in [1.165, 1.54) is 5.56 Å². The van der Waals surface area contributed by atoms with Crippen LogP contribution in [0.3, 0.4) is 0 Å². The minimum atomic E-state index is 0.104. The van der Waals surface area contributed by atoms with Gasteiger partial charge in [-0.15, -0.1) is 0 Å². The molecule has 0 bridgehead atoms. The summed E-state index contributed by atoms with van der Waals surface area (Å²) in [7, 11) is 3.19. The molecule has 2 N–H and O–H groups in total. The second-order valence-electron chi connectivity index (χ2n) is 7.18. The van der Waals surface area contributed by atoms with Crippen LogP contribution in [0.2, 0.25) is 0 Å². The molecule has 0 unspecified atom stereocenters. The Morgan fingerprint density at radius 1 is 0.871 bits per heavy atom. The van der Waals surface area contributed by atoms with Gasteiger partial charge in [0.05, 0.1) is 26.1 Å². The minimum absolute atomic E-state index is 0.104. The van der Waals surface area contributed by atoms with Gasteiger partial charge in [-0.2, -0.15) is 5.10 Å². The van der Waals surface area contributed by atoms with Crippen molar-refractivity contribution in [1.29, 1.82) is 0 Å². The van der Waals surface area contributed by atoms with E-state index in [0.717, 1.165) is 16.7 Å². The summed E-state index contributed by atoms with van der Waals surface area (Å²) in [5.41, 5.74) is 5.33. The highest BCUT2D eigenvalue weighted by Gasteiger charge is 2.16. The van der Waals surface area contributed by atoms with Crippen molar-refractivity contribution in [2.75, 3.05) is 14.2 Å². The number of nitrogens with zero attached hydrogens (tertiary/aromatic N) is 1. The normalized spacial score (nSPS) is 10.7. The van der Waals surface area contributed by atoms with Crippen LogP contribution >= 0.6 is 0 Å². The van der Waals surface area contributed by atoms with Crippen LogP contribution in [0.4, 0.5) is 0 Å². The second kappa shape index (κ2) is 8.83. The quantitative estimate of drug-likeness (QED) is 0.424. The lowest BCUT2D eigenvalue weighted by molar-refractivity contribution is 0.304. The number of aromatic nitrogens is 2. The van der Waals surface area contributed by atoms with Gasteiger partial charge in [-0.25, -0.2) is 0 Å². The first kappa shape index (κ1) is 20.3. The molecule has 6 nitrogen and oxygen atoms in total. The lowest BCUT2D eigenvalue weighted by Crippen LogP contribution is -1.95. The van der Waals surface area contributed by atoms with E-state index in [9.17, 15) is 5.11 Å². The van der Waals surface area contributed by atoms with Gasteiger partial charge in [0.15, 0.2) is 11.5 Å². The predicted octanol–water partition coefficient (Wildman–Crippen LogP) is 5.35. The van der Waals surface area contributed by atoms with E-state index in [4.69, 9.17) is 14.2 Å². The van der Waals surface area contributed by atoms with E-state index in [1.807, 2.05) is 61.5 Å². The van der Waals surface area contributed by atoms with Gasteiger partial charge in [-0.3, -0.25) is 5.10 Å². The Kier molecular flexibility index (Phi) is 5.80. The van der Waals surface area contributed by atoms with Crippen molar-refractivity contribution in [3.05, 3.63) is 78.0 Å². The molecule has 158 valence electrons. The molecule has 0 fully saturated rings. The van der Waals surface area contributed by atoms with Crippen LogP contribution < -0.4 is 14.2 Å². The summed E-state index contributed by atoms with van der Waals surface area (Å²) < 4.78 is 16.6. The van der Waals surface area contributed by atoms with Crippen LogP contribution in [0.25, 0.3) is 22.4 Å². The molecule has 0 aliphatic heterocycles. The second-order valence-corrected chi connectivity index (χ2v) is 7.18. The van der Waals surface area contributed by atoms with Gasteiger partial charge in [-0.1, -0.05) is 35.9 Å². The highest BCUT2D eigenvalue weighted by Crippen LogP contribution is 2.39. The first-order valence-corrected chi connectivity index (χ1v) is 9.86. The van der Waals surface area contributed by atoms with Gasteiger partial charge in [0.2, 0.25) is 0 Å². The smallest absolute Gasteiger partial charge is 0.161 e. The average molecular weight is 416 g/mol. The van der Waals surface area contributed by atoms with Gasteiger partial charge in [-0.05, 0) is 42.3 Å². The molecule has 1 heterocycles. The Hall–Kier alpha value is -3.93.